The van der Waals surface area contributed by atoms with Crippen LogP contribution in [0.1, 0.15) is 18.9 Å². The molecule has 1 heterocycles. The number of ether oxygens (including phenoxy) is 1. The summed E-state index contributed by atoms with van der Waals surface area (Å²) in [6, 6.07) is 12.5. The number of hydrogen-bond donors (Lipinski definition) is 0. The zero-order chi connectivity index (χ0) is 12.1. The molecule has 1 aliphatic heterocycles. The van der Waals surface area contributed by atoms with Crippen LogP contribution in [0, 0.1) is 11.3 Å². The number of hydrogen-bond acceptors (Lipinski definition) is 3. The third kappa shape index (κ3) is 3.29. The van der Waals surface area contributed by atoms with Gasteiger partial charge in [0.05, 0.1) is 24.8 Å². The van der Waals surface area contributed by atoms with E-state index in [1.54, 1.807) is 0 Å². The van der Waals surface area contributed by atoms with Crippen molar-refractivity contribution in [3.8, 4) is 6.07 Å². The summed E-state index contributed by atoms with van der Waals surface area (Å²) in [7, 11) is 0. The standard InChI is InChI=1S/C14H18N2O/c1-12(9-15)16-8-7-14(10-16)17-11-13-5-3-2-4-6-13/h2-6,12,14H,7-8,10-11H2,1H3. The van der Waals surface area contributed by atoms with E-state index in [-0.39, 0.29) is 12.1 Å². The molecule has 0 bridgehead atoms. The fourth-order valence-electron chi connectivity index (χ4n) is 2.11. The van der Waals surface area contributed by atoms with E-state index in [1.165, 1.54) is 5.56 Å². The minimum atomic E-state index is 0.000301. The molecule has 1 aliphatic rings. The van der Waals surface area contributed by atoms with Crippen LogP contribution in [0.15, 0.2) is 30.3 Å². The van der Waals surface area contributed by atoms with Crippen molar-refractivity contribution in [2.24, 2.45) is 0 Å². The summed E-state index contributed by atoms with van der Waals surface area (Å²) in [4.78, 5) is 2.18. The van der Waals surface area contributed by atoms with Crippen LogP contribution in [0.3, 0.4) is 0 Å². The third-order valence-electron chi connectivity index (χ3n) is 3.24. The Morgan fingerprint density at radius 2 is 2.24 bits per heavy atom. The highest BCUT2D eigenvalue weighted by Crippen LogP contribution is 2.16. The van der Waals surface area contributed by atoms with E-state index < -0.39 is 0 Å². The van der Waals surface area contributed by atoms with Gasteiger partial charge in [0.1, 0.15) is 0 Å². The number of benzene rings is 1. The average molecular weight is 230 g/mol. The van der Waals surface area contributed by atoms with Gasteiger partial charge < -0.3 is 4.74 Å². The van der Waals surface area contributed by atoms with Crippen molar-refractivity contribution in [2.75, 3.05) is 13.1 Å². The van der Waals surface area contributed by atoms with Crippen LogP contribution < -0.4 is 0 Å². The summed E-state index contributed by atoms with van der Waals surface area (Å²) in [5.41, 5.74) is 1.21. The van der Waals surface area contributed by atoms with Crippen LogP contribution in [-0.4, -0.2) is 30.1 Å². The zero-order valence-electron chi connectivity index (χ0n) is 10.2. The van der Waals surface area contributed by atoms with Gasteiger partial charge in [0.2, 0.25) is 0 Å². The monoisotopic (exact) mass is 230 g/mol. The third-order valence-corrected chi connectivity index (χ3v) is 3.24. The zero-order valence-corrected chi connectivity index (χ0v) is 10.2. The van der Waals surface area contributed by atoms with E-state index in [2.05, 4.69) is 23.1 Å². The minimum Gasteiger partial charge on any atom is -0.372 e. The lowest BCUT2D eigenvalue weighted by Crippen LogP contribution is -2.30. The van der Waals surface area contributed by atoms with Gasteiger partial charge in [0.25, 0.3) is 0 Å². The van der Waals surface area contributed by atoms with E-state index in [1.807, 2.05) is 25.1 Å². The Morgan fingerprint density at radius 1 is 1.47 bits per heavy atom. The van der Waals surface area contributed by atoms with E-state index in [4.69, 9.17) is 10.00 Å². The van der Waals surface area contributed by atoms with Crippen molar-refractivity contribution < 1.29 is 4.74 Å². The van der Waals surface area contributed by atoms with Gasteiger partial charge in [-0.15, -0.1) is 0 Å². The van der Waals surface area contributed by atoms with Crippen molar-refractivity contribution in [3.05, 3.63) is 35.9 Å². The number of likely N-dealkylation sites (tertiary alicyclic amines) is 1. The Balaban J connectivity index is 1.77. The van der Waals surface area contributed by atoms with Crippen molar-refractivity contribution in [2.45, 2.75) is 32.1 Å². The lowest BCUT2D eigenvalue weighted by molar-refractivity contribution is 0.0455. The van der Waals surface area contributed by atoms with Gasteiger partial charge in [0.15, 0.2) is 0 Å². The maximum Gasteiger partial charge on any atom is 0.0950 e. The van der Waals surface area contributed by atoms with Crippen LogP contribution in [-0.2, 0) is 11.3 Å². The number of nitriles is 1. The topological polar surface area (TPSA) is 36.3 Å². The second kappa shape index (κ2) is 5.81. The summed E-state index contributed by atoms with van der Waals surface area (Å²) >= 11 is 0. The molecular formula is C14H18N2O. The number of nitrogens with zero attached hydrogens (tertiary/aromatic N) is 2. The first kappa shape index (κ1) is 12.1. The normalized spacial score (nSPS) is 22.2. The van der Waals surface area contributed by atoms with Crippen LogP contribution in [0.25, 0.3) is 0 Å². The fraction of sp³-hybridized carbons (Fsp3) is 0.500. The molecule has 0 aromatic heterocycles. The molecule has 3 heteroatoms. The average Bonchev–Trinajstić information content (AvgIpc) is 2.85. The van der Waals surface area contributed by atoms with E-state index in [0.717, 1.165) is 19.5 Å². The Kier molecular flexibility index (Phi) is 4.13. The smallest absolute Gasteiger partial charge is 0.0950 e. The molecule has 0 radical (unpaired) electrons. The first-order valence-corrected chi connectivity index (χ1v) is 6.09. The van der Waals surface area contributed by atoms with Gasteiger partial charge in [-0.3, -0.25) is 4.90 Å². The fourth-order valence-corrected chi connectivity index (χ4v) is 2.11. The largest absolute Gasteiger partial charge is 0.372 e. The summed E-state index contributed by atoms with van der Waals surface area (Å²) in [5.74, 6) is 0. The first-order chi connectivity index (χ1) is 8.29. The molecule has 17 heavy (non-hydrogen) atoms. The molecule has 1 aromatic carbocycles. The Bertz CT molecular complexity index is 385. The summed E-state index contributed by atoms with van der Waals surface area (Å²) < 4.78 is 5.86. The molecule has 0 aliphatic carbocycles. The highest BCUT2D eigenvalue weighted by molar-refractivity contribution is 5.13. The van der Waals surface area contributed by atoms with Gasteiger partial charge in [-0.2, -0.15) is 5.26 Å². The molecule has 0 spiro atoms. The molecule has 1 fully saturated rings. The maximum absolute atomic E-state index is 8.86. The molecule has 2 unspecified atom stereocenters. The maximum atomic E-state index is 8.86. The van der Waals surface area contributed by atoms with Crippen LogP contribution >= 0.6 is 0 Å². The predicted molar refractivity (Wildman–Crippen MR) is 66.3 cm³/mol. The van der Waals surface area contributed by atoms with Crippen LogP contribution in [0.4, 0.5) is 0 Å². The molecule has 2 atom stereocenters. The Hall–Kier alpha value is -1.37. The van der Waals surface area contributed by atoms with Gasteiger partial charge in [0, 0.05) is 13.1 Å². The van der Waals surface area contributed by atoms with Gasteiger partial charge >= 0.3 is 0 Å². The molecule has 90 valence electrons. The Morgan fingerprint density at radius 3 is 2.94 bits per heavy atom. The number of rotatable bonds is 4. The van der Waals surface area contributed by atoms with Crippen molar-refractivity contribution in [3.63, 3.8) is 0 Å². The van der Waals surface area contributed by atoms with E-state index >= 15 is 0 Å². The minimum absolute atomic E-state index is 0.000301. The highest BCUT2D eigenvalue weighted by atomic mass is 16.5. The predicted octanol–water partition coefficient (Wildman–Crippen LogP) is 2.19. The van der Waals surface area contributed by atoms with Gasteiger partial charge in [-0.1, -0.05) is 30.3 Å². The second-order valence-electron chi connectivity index (χ2n) is 4.51. The van der Waals surface area contributed by atoms with Crippen LogP contribution in [0.2, 0.25) is 0 Å². The lowest BCUT2D eigenvalue weighted by Gasteiger charge is -2.18. The van der Waals surface area contributed by atoms with Crippen molar-refractivity contribution in [1.82, 2.24) is 4.90 Å². The van der Waals surface area contributed by atoms with Crippen LogP contribution in [0.5, 0.6) is 0 Å². The molecule has 1 aromatic rings. The SMILES string of the molecule is CC(C#N)N1CCC(OCc2ccccc2)C1. The molecule has 0 N–H and O–H groups in total. The molecule has 0 amide bonds. The summed E-state index contributed by atoms with van der Waals surface area (Å²) in [5, 5.41) is 8.86. The van der Waals surface area contributed by atoms with Crippen molar-refractivity contribution >= 4 is 0 Å². The van der Waals surface area contributed by atoms with E-state index in [0.29, 0.717) is 6.61 Å². The molecule has 1 saturated heterocycles. The molecular weight excluding hydrogens is 212 g/mol. The molecule has 2 rings (SSSR count). The summed E-state index contributed by atoms with van der Waals surface area (Å²) in [6.07, 6.45) is 1.30. The molecule has 3 nitrogen and oxygen atoms in total. The quantitative estimate of drug-likeness (QED) is 0.795. The second-order valence-corrected chi connectivity index (χ2v) is 4.51. The lowest BCUT2D eigenvalue weighted by atomic mass is 10.2. The van der Waals surface area contributed by atoms with Gasteiger partial charge in [-0.25, -0.2) is 0 Å². The molecule has 0 saturated carbocycles. The van der Waals surface area contributed by atoms with E-state index in [9.17, 15) is 0 Å². The highest BCUT2D eigenvalue weighted by Gasteiger charge is 2.26. The van der Waals surface area contributed by atoms with Gasteiger partial charge in [-0.05, 0) is 18.9 Å². The Labute approximate surface area is 103 Å². The first-order valence-electron chi connectivity index (χ1n) is 6.09. The summed E-state index contributed by atoms with van der Waals surface area (Å²) in [6.45, 7) is 4.45. The van der Waals surface area contributed by atoms with Crippen molar-refractivity contribution in [1.29, 1.82) is 5.26 Å².